The molecule has 0 atom stereocenters. The van der Waals surface area contributed by atoms with E-state index in [9.17, 15) is 0 Å². The van der Waals surface area contributed by atoms with E-state index in [0.29, 0.717) is 0 Å². The number of para-hydroxylation sites is 1. The Morgan fingerprint density at radius 1 is 0.947 bits per heavy atom. The second-order valence-electron chi connectivity index (χ2n) is 6.04. The lowest BCUT2D eigenvalue weighted by Crippen LogP contribution is -2.31. The van der Waals surface area contributed by atoms with Crippen LogP contribution in [0.2, 0.25) is 0 Å². The third-order valence-electron chi connectivity index (χ3n) is 4.62. The maximum absolute atomic E-state index is 3.78. The van der Waals surface area contributed by atoms with Crippen LogP contribution in [0.3, 0.4) is 0 Å². The van der Waals surface area contributed by atoms with E-state index < -0.39 is 0 Å². The van der Waals surface area contributed by atoms with Crippen molar-refractivity contribution in [3.63, 3.8) is 0 Å². The summed E-state index contributed by atoms with van der Waals surface area (Å²) < 4.78 is 0. The van der Waals surface area contributed by atoms with Gasteiger partial charge in [-0.3, -0.25) is 0 Å². The molecule has 3 rings (SSSR count). The molecule has 0 unspecified atom stereocenters. The molecule has 2 fully saturated rings. The van der Waals surface area contributed by atoms with Crippen LogP contribution in [-0.4, -0.2) is 19.1 Å². The van der Waals surface area contributed by atoms with Crippen molar-refractivity contribution in [3.05, 3.63) is 29.8 Å². The number of hydrogen-bond acceptors (Lipinski definition) is 2. The molecular formula is C17H26N2. The van der Waals surface area contributed by atoms with Crippen molar-refractivity contribution in [1.29, 1.82) is 0 Å². The van der Waals surface area contributed by atoms with Crippen LogP contribution in [0, 0.1) is 0 Å². The van der Waals surface area contributed by atoms with Gasteiger partial charge >= 0.3 is 0 Å². The molecular weight excluding hydrogens is 232 g/mol. The van der Waals surface area contributed by atoms with Crippen molar-refractivity contribution in [2.75, 3.05) is 18.0 Å². The minimum atomic E-state index is 0.750. The van der Waals surface area contributed by atoms with E-state index in [0.717, 1.165) is 12.6 Å². The van der Waals surface area contributed by atoms with Crippen molar-refractivity contribution < 1.29 is 0 Å². The monoisotopic (exact) mass is 258 g/mol. The lowest BCUT2D eigenvalue weighted by molar-refractivity contribution is 0.372. The second-order valence-corrected chi connectivity index (χ2v) is 6.04. The highest BCUT2D eigenvalue weighted by Gasteiger charge is 2.17. The Morgan fingerprint density at radius 2 is 1.68 bits per heavy atom. The zero-order valence-corrected chi connectivity index (χ0v) is 11.9. The van der Waals surface area contributed by atoms with Gasteiger partial charge in [0.25, 0.3) is 0 Å². The highest BCUT2D eigenvalue weighted by atomic mass is 15.1. The van der Waals surface area contributed by atoms with E-state index in [1.165, 1.54) is 69.3 Å². The minimum Gasteiger partial charge on any atom is -0.371 e. The Morgan fingerprint density at radius 3 is 2.47 bits per heavy atom. The van der Waals surface area contributed by atoms with Crippen molar-refractivity contribution in [3.8, 4) is 0 Å². The van der Waals surface area contributed by atoms with Gasteiger partial charge in [0, 0.05) is 31.4 Å². The van der Waals surface area contributed by atoms with Gasteiger partial charge in [-0.15, -0.1) is 0 Å². The molecule has 0 spiro atoms. The van der Waals surface area contributed by atoms with Gasteiger partial charge in [-0.1, -0.05) is 37.5 Å². The van der Waals surface area contributed by atoms with Gasteiger partial charge in [0.15, 0.2) is 0 Å². The smallest absolute Gasteiger partial charge is 0.0411 e. The molecule has 0 aromatic heterocycles. The zero-order valence-electron chi connectivity index (χ0n) is 11.9. The van der Waals surface area contributed by atoms with Gasteiger partial charge in [-0.05, 0) is 37.3 Å². The molecule has 1 aliphatic carbocycles. The molecule has 1 aromatic rings. The van der Waals surface area contributed by atoms with E-state index in [2.05, 4.69) is 34.5 Å². The Labute approximate surface area is 117 Å². The van der Waals surface area contributed by atoms with Gasteiger partial charge in [0.05, 0.1) is 0 Å². The van der Waals surface area contributed by atoms with Crippen LogP contribution < -0.4 is 10.2 Å². The minimum absolute atomic E-state index is 0.750. The van der Waals surface area contributed by atoms with E-state index in [4.69, 9.17) is 0 Å². The summed E-state index contributed by atoms with van der Waals surface area (Å²) in [6.45, 7) is 3.51. The summed E-state index contributed by atoms with van der Waals surface area (Å²) in [7, 11) is 0. The molecule has 1 aliphatic heterocycles. The highest BCUT2D eigenvalue weighted by molar-refractivity contribution is 5.54. The summed E-state index contributed by atoms with van der Waals surface area (Å²) in [5, 5.41) is 3.78. The molecule has 19 heavy (non-hydrogen) atoms. The average Bonchev–Trinajstić information content (AvgIpc) is 3.01. The molecule has 1 saturated carbocycles. The van der Waals surface area contributed by atoms with E-state index in [1.54, 1.807) is 0 Å². The van der Waals surface area contributed by atoms with Gasteiger partial charge in [0.2, 0.25) is 0 Å². The number of nitrogens with one attached hydrogen (secondary N) is 1. The van der Waals surface area contributed by atoms with Gasteiger partial charge in [-0.25, -0.2) is 0 Å². The Balaban J connectivity index is 1.62. The van der Waals surface area contributed by atoms with Gasteiger partial charge < -0.3 is 10.2 Å². The average molecular weight is 258 g/mol. The summed E-state index contributed by atoms with van der Waals surface area (Å²) in [5.74, 6) is 0. The third kappa shape index (κ3) is 3.30. The highest BCUT2D eigenvalue weighted by Crippen LogP contribution is 2.25. The van der Waals surface area contributed by atoms with E-state index in [1.807, 2.05) is 0 Å². The summed E-state index contributed by atoms with van der Waals surface area (Å²) in [4.78, 5) is 2.55. The molecule has 2 heteroatoms. The topological polar surface area (TPSA) is 15.3 Å². The maximum atomic E-state index is 3.78. The van der Waals surface area contributed by atoms with Crippen LogP contribution in [0.4, 0.5) is 5.69 Å². The summed E-state index contributed by atoms with van der Waals surface area (Å²) in [6, 6.07) is 9.70. The first-order chi connectivity index (χ1) is 9.43. The molecule has 0 bridgehead atoms. The van der Waals surface area contributed by atoms with Crippen LogP contribution in [-0.2, 0) is 6.54 Å². The van der Waals surface area contributed by atoms with Crippen LogP contribution in [0.5, 0.6) is 0 Å². The maximum Gasteiger partial charge on any atom is 0.0411 e. The first kappa shape index (κ1) is 13.0. The third-order valence-corrected chi connectivity index (χ3v) is 4.62. The quantitative estimate of drug-likeness (QED) is 0.885. The SMILES string of the molecule is c1ccc(N2CCCC2)c(CNC2CCCCC2)c1. The van der Waals surface area contributed by atoms with Crippen molar-refractivity contribution >= 4 is 5.69 Å². The summed E-state index contributed by atoms with van der Waals surface area (Å²) >= 11 is 0. The molecule has 2 nitrogen and oxygen atoms in total. The number of rotatable bonds is 4. The summed E-state index contributed by atoms with van der Waals surface area (Å²) in [5.41, 5.74) is 2.94. The fraction of sp³-hybridized carbons (Fsp3) is 0.647. The van der Waals surface area contributed by atoms with Gasteiger partial charge in [0.1, 0.15) is 0 Å². The van der Waals surface area contributed by atoms with Crippen LogP contribution in [0.25, 0.3) is 0 Å². The molecule has 104 valence electrons. The molecule has 1 N–H and O–H groups in total. The molecule has 1 aromatic carbocycles. The summed E-state index contributed by atoms with van der Waals surface area (Å²) in [6.07, 6.45) is 9.69. The fourth-order valence-electron chi connectivity index (χ4n) is 3.49. The number of nitrogens with zero attached hydrogens (tertiary/aromatic N) is 1. The largest absolute Gasteiger partial charge is 0.371 e. The lowest BCUT2D eigenvalue weighted by atomic mass is 9.95. The number of benzene rings is 1. The van der Waals surface area contributed by atoms with E-state index in [-0.39, 0.29) is 0 Å². The normalized spacial score (nSPS) is 20.9. The van der Waals surface area contributed by atoms with Gasteiger partial charge in [-0.2, -0.15) is 0 Å². The van der Waals surface area contributed by atoms with Crippen molar-refractivity contribution in [1.82, 2.24) is 5.32 Å². The molecule has 0 radical (unpaired) electrons. The predicted molar refractivity (Wildman–Crippen MR) is 81.6 cm³/mol. The first-order valence-corrected chi connectivity index (χ1v) is 8.00. The first-order valence-electron chi connectivity index (χ1n) is 8.00. The van der Waals surface area contributed by atoms with Crippen LogP contribution in [0.15, 0.2) is 24.3 Å². The molecule has 1 heterocycles. The molecule has 0 amide bonds. The zero-order chi connectivity index (χ0) is 12.9. The standard InChI is InChI=1S/C17H26N2/c1-2-9-16(10-3-1)18-14-15-8-4-5-11-17(15)19-12-6-7-13-19/h4-5,8,11,16,18H,1-3,6-7,9-10,12-14H2. The van der Waals surface area contributed by atoms with Crippen LogP contribution in [0.1, 0.15) is 50.5 Å². The Hall–Kier alpha value is -1.02. The molecule has 2 aliphatic rings. The fourth-order valence-corrected chi connectivity index (χ4v) is 3.49. The number of hydrogen-bond donors (Lipinski definition) is 1. The van der Waals surface area contributed by atoms with Crippen molar-refractivity contribution in [2.24, 2.45) is 0 Å². The molecule has 1 saturated heterocycles. The predicted octanol–water partition coefficient (Wildman–Crippen LogP) is 3.71. The van der Waals surface area contributed by atoms with Crippen LogP contribution >= 0.6 is 0 Å². The Bertz CT molecular complexity index is 390. The lowest BCUT2D eigenvalue weighted by Gasteiger charge is -2.25. The van der Waals surface area contributed by atoms with Crippen molar-refractivity contribution in [2.45, 2.75) is 57.5 Å². The number of anilines is 1. The second kappa shape index (κ2) is 6.42. The van der Waals surface area contributed by atoms with E-state index >= 15 is 0 Å². The Kier molecular flexibility index (Phi) is 4.39.